The molecule has 0 unspecified atom stereocenters. The summed E-state index contributed by atoms with van der Waals surface area (Å²) in [7, 11) is 0. The van der Waals surface area contributed by atoms with Crippen molar-refractivity contribution >= 4 is 28.4 Å². The average Bonchev–Trinajstić information content (AvgIpc) is 2.98. The number of anilines is 1. The minimum atomic E-state index is -0.225. The summed E-state index contributed by atoms with van der Waals surface area (Å²) in [6.07, 6.45) is 0.969. The van der Waals surface area contributed by atoms with Crippen molar-refractivity contribution in [3.63, 3.8) is 0 Å². The molecule has 0 radical (unpaired) electrons. The molecule has 0 saturated carbocycles. The van der Waals surface area contributed by atoms with E-state index >= 15 is 0 Å². The maximum atomic E-state index is 12.4. The lowest BCUT2D eigenvalue weighted by Gasteiger charge is -2.06. The largest absolute Gasteiger partial charge is 0.322 e. The van der Waals surface area contributed by atoms with Gasteiger partial charge in [-0.15, -0.1) is 5.10 Å². The van der Waals surface area contributed by atoms with Gasteiger partial charge in [-0.05, 0) is 55.8 Å². The van der Waals surface area contributed by atoms with Crippen LogP contribution in [0.1, 0.15) is 41.0 Å². The molecule has 0 fully saturated rings. The normalized spacial score (nSPS) is 10.8. The number of nitrogens with zero attached hydrogens (tertiary/aromatic N) is 3. The average molecular weight is 322 g/mol. The van der Waals surface area contributed by atoms with E-state index in [2.05, 4.69) is 22.6 Å². The van der Waals surface area contributed by atoms with Gasteiger partial charge in [0.15, 0.2) is 5.78 Å². The second-order valence-electron chi connectivity index (χ2n) is 5.60. The van der Waals surface area contributed by atoms with E-state index in [1.54, 1.807) is 36.4 Å². The van der Waals surface area contributed by atoms with Crippen LogP contribution in [0.15, 0.2) is 42.5 Å². The number of hydrogen-bond acceptors (Lipinski definition) is 4. The van der Waals surface area contributed by atoms with Gasteiger partial charge in [0.05, 0.1) is 5.52 Å². The molecular weight excluding hydrogens is 304 g/mol. The highest BCUT2D eigenvalue weighted by molar-refractivity contribution is 6.06. The van der Waals surface area contributed by atoms with Crippen LogP contribution in [-0.2, 0) is 6.54 Å². The third-order valence-corrected chi connectivity index (χ3v) is 3.76. The van der Waals surface area contributed by atoms with Crippen LogP contribution >= 0.6 is 0 Å². The first-order valence-corrected chi connectivity index (χ1v) is 7.84. The van der Waals surface area contributed by atoms with Crippen molar-refractivity contribution in [2.75, 3.05) is 5.32 Å². The quantitative estimate of drug-likeness (QED) is 0.731. The van der Waals surface area contributed by atoms with Crippen LogP contribution in [0, 0.1) is 0 Å². The first kappa shape index (κ1) is 15.9. The van der Waals surface area contributed by atoms with Crippen molar-refractivity contribution < 1.29 is 9.59 Å². The zero-order chi connectivity index (χ0) is 17.1. The lowest BCUT2D eigenvalue weighted by molar-refractivity contribution is 0.101. The molecule has 1 heterocycles. The van der Waals surface area contributed by atoms with E-state index in [4.69, 9.17) is 0 Å². The van der Waals surface area contributed by atoms with Gasteiger partial charge in [0, 0.05) is 23.4 Å². The van der Waals surface area contributed by atoms with Gasteiger partial charge in [-0.2, -0.15) is 0 Å². The number of nitrogens with one attached hydrogen (secondary N) is 1. The van der Waals surface area contributed by atoms with Crippen LogP contribution in [-0.4, -0.2) is 26.7 Å². The molecule has 0 aliphatic carbocycles. The van der Waals surface area contributed by atoms with E-state index in [-0.39, 0.29) is 11.7 Å². The molecule has 0 atom stereocenters. The highest BCUT2D eigenvalue weighted by Gasteiger charge is 2.10. The minimum absolute atomic E-state index is 0.00602. The number of benzene rings is 2. The fourth-order valence-electron chi connectivity index (χ4n) is 2.48. The summed E-state index contributed by atoms with van der Waals surface area (Å²) < 4.78 is 1.83. The monoisotopic (exact) mass is 322 g/mol. The van der Waals surface area contributed by atoms with Crippen molar-refractivity contribution in [1.29, 1.82) is 0 Å². The Balaban J connectivity index is 1.79. The van der Waals surface area contributed by atoms with E-state index in [0.717, 1.165) is 18.5 Å². The van der Waals surface area contributed by atoms with Crippen LogP contribution < -0.4 is 5.32 Å². The van der Waals surface area contributed by atoms with Crippen LogP contribution in [0.25, 0.3) is 11.0 Å². The molecule has 0 aliphatic rings. The van der Waals surface area contributed by atoms with E-state index < -0.39 is 0 Å². The lowest BCUT2D eigenvalue weighted by atomic mass is 10.1. The predicted molar refractivity (Wildman–Crippen MR) is 92.2 cm³/mol. The Bertz CT molecular complexity index is 897. The highest BCUT2D eigenvalue weighted by Crippen LogP contribution is 2.16. The second kappa shape index (κ2) is 6.62. The van der Waals surface area contributed by atoms with Gasteiger partial charge in [-0.25, -0.2) is 4.68 Å². The lowest BCUT2D eigenvalue weighted by Crippen LogP contribution is -2.12. The Morgan fingerprint density at radius 2 is 1.79 bits per heavy atom. The Hall–Kier alpha value is -3.02. The molecule has 122 valence electrons. The Morgan fingerprint density at radius 3 is 2.46 bits per heavy atom. The topological polar surface area (TPSA) is 76.9 Å². The van der Waals surface area contributed by atoms with E-state index in [1.807, 2.05) is 10.7 Å². The summed E-state index contributed by atoms with van der Waals surface area (Å²) >= 11 is 0. The molecule has 3 aromatic rings. The van der Waals surface area contributed by atoms with Gasteiger partial charge < -0.3 is 5.32 Å². The number of fused-ring (bicyclic) bond motifs is 1. The highest BCUT2D eigenvalue weighted by atomic mass is 16.1. The van der Waals surface area contributed by atoms with Crippen LogP contribution in [0.4, 0.5) is 5.69 Å². The van der Waals surface area contributed by atoms with Crippen LogP contribution in [0.3, 0.4) is 0 Å². The minimum Gasteiger partial charge on any atom is -0.322 e. The molecule has 0 spiro atoms. The molecule has 0 bridgehead atoms. The van der Waals surface area contributed by atoms with Gasteiger partial charge in [0.1, 0.15) is 5.52 Å². The Morgan fingerprint density at radius 1 is 1.08 bits per heavy atom. The van der Waals surface area contributed by atoms with Gasteiger partial charge in [-0.3, -0.25) is 9.59 Å². The zero-order valence-electron chi connectivity index (χ0n) is 13.6. The summed E-state index contributed by atoms with van der Waals surface area (Å²) in [6, 6.07) is 12.2. The summed E-state index contributed by atoms with van der Waals surface area (Å²) in [6.45, 7) is 4.38. The fourth-order valence-corrected chi connectivity index (χ4v) is 2.48. The summed E-state index contributed by atoms with van der Waals surface area (Å²) in [5, 5.41) is 11.0. The van der Waals surface area contributed by atoms with Crippen LogP contribution in [0.5, 0.6) is 0 Å². The molecular formula is C18H18N4O2. The van der Waals surface area contributed by atoms with E-state index in [0.29, 0.717) is 22.3 Å². The number of Topliss-reactive ketones (excluding diaryl/α,β-unsaturated/α-hetero) is 1. The summed E-state index contributed by atoms with van der Waals surface area (Å²) in [4.78, 5) is 23.6. The standard InChI is InChI=1S/C18H18N4O2/c1-3-10-22-17-9-6-14(11-16(17)20-21-22)18(24)19-15-7-4-13(5-8-15)12(2)23/h4-9,11H,3,10H2,1-2H3,(H,19,24). The van der Waals surface area contributed by atoms with Crippen molar-refractivity contribution in [2.24, 2.45) is 0 Å². The van der Waals surface area contributed by atoms with Crippen LogP contribution in [0.2, 0.25) is 0 Å². The molecule has 0 aliphatic heterocycles. The van der Waals surface area contributed by atoms with Gasteiger partial charge in [0.2, 0.25) is 0 Å². The van der Waals surface area contributed by atoms with Crippen molar-refractivity contribution in [3.05, 3.63) is 53.6 Å². The number of amides is 1. The number of carbonyl (C=O) groups excluding carboxylic acids is 2. The first-order chi connectivity index (χ1) is 11.6. The molecule has 6 heteroatoms. The summed E-state index contributed by atoms with van der Waals surface area (Å²) in [5.74, 6) is -0.231. The second-order valence-corrected chi connectivity index (χ2v) is 5.60. The maximum Gasteiger partial charge on any atom is 0.255 e. The Labute approximate surface area is 139 Å². The molecule has 0 saturated heterocycles. The van der Waals surface area contributed by atoms with Gasteiger partial charge in [-0.1, -0.05) is 12.1 Å². The molecule has 6 nitrogen and oxygen atoms in total. The van der Waals surface area contributed by atoms with E-state index in [9.17, 15) is 9.59 Å². The number of hydrogen-bond donors (Lipinski definition) is 1. The molecule has 1 amide bonds. The number of ketones is 1. The first-order valence-electron chi connectivity index (χ1n) is 7.84. The molecule has 2 aromatic carbocycles. The number of rotatable bonds is 5. The van der Waals surface area contributed by atoms with Crippen molar-refractivity contribution in [3.8, 4) is 0 Å². The molecule has 24 heavy (non-hydrogen) atoms. The van der Waals surface area contributed by atoms with Gasteiger partial charge >= 0.3 is 0 Å². The smallest absolute Gasteiger partial charge is 0.255 e. The third-order valence-electron chi connectivity index (χ3n) is 3.76. The zero-order valence-corrected chi connectivity index (χ0v) is 13.6. The van der Waals surface area contributed by atoms with Crippen molar-refractivity contribution in [2.45, 2.75) is 26.8 Å². The SMILES string of the molecule is CCCn1nnc2cc(C(=O)Nc3ccc(C(C)=O)cc3)ccc21. The number of aromatic nitrogens is 3. The summed E-state index contributed by atoms with van der Waals surface area (Å²) in [5.41, 5.74) is 3.38. The number of aryl methyl sites for hydroxylation is 1. The maximum absolute atomic E-state index is 12.4. The molecule has 1 N–H and O–H groups in total. The van der Waals surface area contributed by atoms with Crippen molar-refractivity contribution in [1.82, 2.24) is 15.0 Å². The third kappa shape index (κ3) is 3.17. The van der Waals surface area contributed by atoms with E-state index in [1.165, 1.54) is 6.92 Å². The predicted octanol–water partition coefficient (Wildman–Crippen LogP) is 3.30. The Kier molecular flexibility index (Phi) is 4.37. The molecule has 3 rings (SSSR count). The fraction of sp³-hybridized carbons (Fsp3) is 0.222. The van der Waals surface area contributed by atoms with Gasteiger partial charge in [0.25, 0.3) is 5.91 Å². The molecule has 1 aromatic heterocycles. The number of carbonyl (C=O) groups is 2.